The second-order valence-electron chi connectivity index (χ2n) is 6.60. The normalized spacial score (nSPS) is 14.1. The minimum atomic E-state index is -0.311. The van der Waals surface area contributed by atoms with E-state index >= 15 is 0 Å². The van der Waals surface area contributed by atoms with Gasteiger partial charge >= 0.3 is 0 Å². The SMILES string of the molecule is CN(C)c1cccc(N2C(=O)C(Sc3ccc(Cl)cc3)=C(c3cccs3)C2=O)c1. The van der Waals surface area contributed by atoms with Crippen LogP contribution in [-0.2, 0) is 9.59 Å². The van der Waals surface area contributed by atoms with Crippen LogP contribution in [0.4, 0.5) is 11.4 Å². The van der Waals surface area contributed by atoms with Crippen molar-refractivity contribution in [2.45, 2.75) is 4.90 Å². The summed E-state index contributed by atoms with van der Waals surface area (Å²) in [5.41, 5.74) is 1.92. The molecule has 2 heterocycles. The van der Waals surface area contributed by atoms with Crippen molar-refractivity contribution in [3.05, 3.63) is 80.8 Å². The van der Waals surface area contributed by atoms with E-state index in [1.807, 2.05) is 66.8 Å². The van der Waals surface area contributed by atoms with Crippen molar-refractivity contribution in [2.24, 2.45) is 0 Å². The molecular formula is C22H17ClN2O2S2. The lowest BCUT2D eigenvalue weighted by Gasteiger charge is -2.19. The molecule has 0 N–H and O–H groups in total. The molecule has 0 atom stereocenters. The molecular weight excluding hydrogens is 424 g/mol. The lowest BCUT2D eigenvalue weighted by atomic mass is 10.2. The van der Waals surface area contributed by atoms with Crippen LogP contribution in [0.5, 0.6) is 0 Å². The molecule has 7 heteroatoms. The third kappa shape index (κ3) is 3.83. The fraction of sp³-hybridized carbons (Fsp3) is 0.0909. The van der Waals surface area contributed by atoms with Crippen LogP contribution < -0.4 is 9.80 Å². The Kier molecular flexibility index (Phi) is 5.50. The summed E-state index contributed by atoms with van der Waals surface area (Å²) in [5, 5.41) is 2.53. The molecule has 29 heavy (non-hydrogen) atoms. The average molecular weight is 441 g/mol. The first-order chi connectivity index (χ1) is 14.0. The van der Waals surface area contributed by atoms with E-state index in [2.05, 4.69) is 0 Å². The molecule has 1 aromatic heterocycles. The fourth-order valence-corrected chi connectivity index (χ4v) is 4.95. The van der Waals surface area contributed by atoms with E-state index in [0.29, 0.717) is 21.2 Å². The van der Waals surface area contributed by atoms with E-state index in [4.69, 9.17) is 11.6 Å². The van der Waals surface area contributed by atoms with Crippen LogP contribution in [-0.4, -0.2) is 25.9 Å². The summed E-state index contributed by atoms with van der Waals surface area (Å²) in [6.45, 7) is 0. The van der Waals surface area contributed by atoms with Gasteiger partial charge in [0, 0.05) is 34.6 Å². The molecule has 4 nitrogen and oxygen atoms in total. The number of nitrogens with zero attached hydrogens (tertiary/aromatic N) is 2. The number of hydrogen-bond acceptors (Lipinski definition) is 5. The number of anilines is 2. The molecule has 0 spiro atoms. The standard InChI is InChI=1S/C22H17ClN2O2S2/c1-24(2)15-5-3-6-16(13-15)25-21(26)19(18-7-4-12-28-18)20(22(25)27)29-17-10-8-14(23)9-11-17/h3-13H,1-2H3. The van der Waals surface area contributed by atoms with Crippen LogP contribution in [0.25, 0.3) is 5.57 Å². The number of carbonyl (C=O) groups excluding carboxylic acids is 2. The maximum absolute atomic E-state index is 13.4. The summed E-state index contributed by atoms with van der Waals surface area (Å²) in [5.74, 6) is -0.612. The zero-order valence-electron chi connectivity index (χ0n) is 15.8. The van der Waals surface area contributed by atoms with E-state index < -0.39 is 0 Å². The van der Waals surface area contributed by atoms with Crippen LogP contribution in [0.1, 0.15) is 4.88 Å². The summed E-state index contributed by atoms with van der Waals surface area (Å²) in [4.78, 5) is 32.0. The Morgan fingerprint density at radius 3 is 2.38 bits per heavy atom. The molecule has 0 fully saturated rings. The van der Waals surface area contributed by atoms with Gasteiger partial charge in [-0.2, -0.15) is 0 Å². The maximum Gasteiger partial charge on any atom is 0.272 e. The van der Waals surface area contributed by atoms with Gasteiger partial charge < -0.3 is 4.90 Å². The second kappa shape index (κ2) is 8.06. The predicted octanol–water partition coefficient (Wildman–Crippen LogP) is 5.54. The van der Waals surface area contributed by atoms with Crippen LogP contribution in [0.3, 0.4) is 0 Å². The minimum Gasteiger partial charge on any atom is -0.378 e. The summed E-state index contributed by atoms with van der Waals surface area (Å²) < 4.78 is 0. The highest BCUT2D eigenvalue weighted by molar-refractivity contribution is 8.04. The molecule has 3 aromatic rings. The topological polar surface area (TPSA) is 40.6 Å². The Morgan fingerprint density at radius 1 is 0.966 bits per heavy atom. The number of carbonyl (C=O) groups is 2. The summed E-state index contributed by atoms with van der Waals surface area (Å²) >= 11 is 8.72. The molecule has 2 amide bonds. The van der Waals surface area contributed by atoms with Gasteiger partial charge in [-0.1, -0.05) is 35.5 Å². The molecule has 2 aromatic carbocycles. The van der Waals surface area contributed by atoms with Crippen molar-refractivity contribution in [3.63, 3.8) is 0 Å². The van der Waals surface area contributed by atoms with Crippen LogP contribution >= 0.6 is 34.7 Å². The Hall–Kier alpha value is -2.54. The number of thiophene rings is 1. The van der Waals surface area contributed by atoms with E-state index in [0.717, 1.165) is 15.5 Å². The highest BCUT2D eigenvalue weighted by atomic mass is 35.5. The third-order valence-electron chi connectivity index (χ3n) is 4.45. The summed E-state index contributed by atoms with van der Waals surface area (Å²) in [6.07, 6.45) is 0. The Morgan fingerprint density at radius 2 is 1.72 bits per heavy atom. The van der Waals surface area contributed by atoms with E-state index in [9.17, 15) is 9.59 Å². The van der Waals surface area contributed by atoms with Gasteiger partial charge in [-0.25, -0.2) is 4.90 Å². The molecule has 0 unspecified atom stereocenters. The van der Waals surface area contributed by atoms with Crippen molar-refractivity contribution in [1.29, 1.82) is 0 Å². The molecule has 146 valence electrons. The molecule has 0 radical (unpaired) electrons. The van der Waals surface area contributed by atoms with Gasteiger partial charge in [0.15, 0.2) is 0 Å². The number of imide groups is 1. The molecule has 0 saturated carbocycles. The fourth-order valence-electron chi connectivity index (χ4n) is 3.01. The largest absolute Gasteiger partial charge is 0.378 e. The number of hydrogen-bond donors (Lipinski definition) is 0. The van der Waals surface area contributed by atoms with Gasteiger partial charge in [0.1, 0.15) is 0 Å². The van der Waals surface area contributed by atoms with Crippen molar-refractivity contribution >= 4 is 63.5 Å². The molecule has 4 rings (SSSR count). The van der Waals surface area contributed by atoms with Gasteiger partial charge in [0.05, 0.1) is 16.2 Å². The smallest absolute Gasteiger partial charge is 0.272 e. The first kappa shape index (κ1) is 19.8. The van der Waals surface area contributed by atoms with Crippen molar-refractivity contribution in [2.75, 3.05) is 23.9 Å². The highest BCUT2D eigenvalue weighted by Crippen LogP contribution is 2.43. The zero-order valence-corrected chi connectivity index (χ0v) is 18.1. The number of rotatable bonds is 5. The number of amides is 2. The lowest BCUT2D eigenvalue weighted by molar-refractivity contribution is -0.119. The molecule has 0 aliphatic carbocycles. The van der Waals surface area contributed by atoms with E-state index in [1.54, 1.807) is 18.2 Å². The summed E-state index contributed by atoms with van der Waals surface area (Å²) in [7, 11) is 3.84. The van der Waals surface area contributed by atoms with Crippen LogP contribution in [0.2, 0.25) is 5.02 Å². The van der Waals surface area contributed by atoms with Crippen LogP contribution in [0.15, 0.2) is 75.8 Å². The van der Waals surface area contributed by atoms with Crippen molar-refractivity contribution < 1.29 is 9.59 Å². The highest BCUT2D eigenvalue weighted by Gasteiger charge is 2.41. The van der Waals surface area contributed by atoms with Gasteiger partial charge in [-0.15, -0.1) is 11.3 Å². The van der Waals surface area contributed by atoms with Crippen molar-refractivity contribution in [1.82, 2.24) is 0 Å². The first-order valence-electron chi connectivity index (χ1n) is 8.83. The third-order valence-corrected chi connectivity index (χ3v) is 6.68. The average Bonchev–Trinajstić information content (AvgIpc) is 3.31. The van der Waals surface area contributed by atoms with E-state index in [-0.39, 0.29) is 11.8 Å². The molecule has 0 saturated heterocycles. The number of thioether (sulfide) groups is 1. The van der Waals surface area contributed by atoms with Gasteiger partial charge in [-0.05, 0) is 53.9 Å². The van der Waals surface area contributed by atoms with Crippen molar-refractivity contribution in [3.8, 4) is 0 Å². The molecule has 1 aliphatic heterocycles. The zero-order chi connectivity index (χ0) is 20.5. The predicted molar refractivity (Wildman–Crippen MR) is 122 cm³/mol. The molecule has 0 bridgehead atoms. The van der Waals surface area contributed by atoms with Gasteiger partial charge in [-0.3, -0.25) is 9.59 Å². The van der Waals surface area contributed by atoms with E-state index in [1.165, 1.54) is 28.0 Å². The Labute approximate surface area is 182 Å². The maximum atomic E-state index is 13.4. The monoisotopic (exact) mass is 440 g/mol. The second-order valence-corrected chi connectivity index (χ2v) is 9.07. The van der Waals surface area contributed by atoms with Gasteiger partial charge in [0.25, 0.3) is 11.8 Å². The van der Waals surface area contributed by atoms with Crippen LogP contribution in [0, 0.1) is 0 Å². The first-order valence-corrected chi connectivity index (χ1v) is 10.9. The number of halogens is 1. The quantitative estimate of drug-likeness (QED) is 0.488. The summed E-state index contributed by atoms with van der Waals surface area (Å²) in [6, 6.07) is 18.4. The minimum absolute atomic E-state index is 0.301. The molecule has 1 aliphatic rings. The number of benzene rings is 2. The Balaban J connectivity index is 1.78. The van der Waals surface area contributed by atoms with Gasteiger partial charge in [0.2, 0.25) is 0 Å². The lowest BCUT2D eigenvalue weighted by Crippen LogP contribution is -2.31. The Bertz CT molecular complexity index is 1110.